The molecule has 0 saturated heterocycles. The number of pyridine rings is 1. The van der Waals surface area contributed by atoms with Crippen molar-refractivity contribution in [1.29, 1.82) is 5.26 Å². The van der Waals surface area contributed by atoms with Crippen LogP contribution in [-0.4, -0.2) is 4.98 Å². The molecule has 0 spiro atoms. The molecule has 1 heterocycles. The summed E-state index contributed by atoms with van der Waals surface area (Å²) in [6.07, 6.45) is 1.63. The van der Waals surface area contributed by atoms with Gasteiger partial charge < -0.3 is 5.32 Å². The highest BCUT2D eigenvalue weighted by atomic mass is 79.9. The third-order valence-corrected chi connectivity index (χ3v) is 3.16. The lowest BCUT2D eigenvalue weighted by Gasteiger charge is -2.10. The van der Waals surface area contributed by atoms with E-state index in [4.69, 9.17) is 5.26 Å². The molecule has 2 rings (SSSR count). The van der Waals surface area contributed by atoms with Crippen LogP contribution in [0.5, 0.6) is 0 Å². The third-order valence-electron chi connectivity index (χ3n) is 2.67. The number of benzene rings is 1. The first-order valence-electron chi connectivity index (χ1n) is 5.54. The number of nitrogens with zero attached hydrogens (tertiary/aromatic N) is 2. The van der Waals surface area contributed by atoms with E-state index in [0.717, 1.165) is 15.7 Å². The van der Waals surface area contributed by atoms with E-state index in [-0.39, 0.29) is 0 Å². The van der Waals surface area contributed by atoms with Gasteiger partial charge in [-0.3, -0.25) is 0 Å². The number of rotatable bonds is 3. The third kappa shape index (κ3) is 2.88. The van der Waals surface area contributed by atoms with Gasteiger partial charge in [0.1, 0.15) is 11.8 Å². The van der Waals surface area contributed by atoms with Crippen LogP contribution in [0.3, 0.4) is 0 Å². The second-order valence-corrected chi connectivity index (χ2v) is 4.85. The normalized spacial score (nSPS) is 9.83. The predicted octanol–water partition coefficient (Wildman–Crippen LogP) is 3.64. The van der Waals surface area contributed by atoms with E-state index in [9.17, 15) is 0 Å². The SMILES string of the molecule is Cc1ccc(Br)cc1NCc1cccnc1C#N. The van der Waals surface area contributed by atoms with Crippen molar-refractivity contribution in [1.82, 2.24) is 4.98 Å². The number of aromatic nitrogens is 1. The van der Waals surface area contributed by atoms with E-state index in [1.165, 1.54) is 5.56 Å². The van der Waals surface area contributed by atoms with Gasteiger partial charge in [-0.1, -0.05) is 28.1 Å². The first kappa shape index (κ1) is 12.6. The fourth-order valence-corrected chi connectivity index (χ4v) is 2.02. The molecule has 0 bridgehead atoms. The van der Waals surface area contributed by atoms with Crippen molar-refractivity contribution in [2.75, 3.05) is 5.32 Å². The number of halogens is 1. The topological polar surface area (TPSA) is 48.7 Å². The Balaban J connectivity index is 2.17. The number of nitrogens with one attached hydrogen (secondary N) is 1. The molecule has 0 aliphatic rings. The van der Waals surface area contributed by atoms with Crippen molar-refractivity contribution >= 4 is 21.6 Å². The Labute approximate surface area is 115 Å². The molecule has 4 heteroatoms. The highest BCUT2D eigenvalue weighted by Gasteiger charge is 2.03. The van der Waals surface area contributed by atoms with Crippen LogP contribution < -0.4 is 5.32 Å². The minimum atomic E-state index is 0.470. The van der Waals surface area contributed by atoms with Crippen molar-refractivity contribution in [3.63, 3.8) is 0 Å². The van der Waals surface area contributed by atoms with Crippen molar-refractivity contribution < 1.29 is 0 Å². The van der Waals surface area contributed by atoms with Gasteiger partial charge in [-0.05, 0) is 30.7 Å². The Kier molecular flexibility index (Phi) is 3.96. The van der Waals surface area contributed by atoms with Crippen molar-refractivity contribution in [2.45, 2.75) is 13.5 Å². The zero-order chi connectivity index (χ0) is 13.0. The van der Waals surface area contributed by atoms with Gasteiger partial charge in [0, 0.05) is 28.5 Å². The number of aryl methyl sites for hydroxylation is 1. The molecule has 90 valence electrons. The lowest BCUT2D eigenvalue weighted by molar-refractivity contribution is 1.08. The summed E-state index contributed by atoms with van der Waals surface area (Å²) in [5, 5.41) is 12.3. The molecule has 2 aromatic rings. The van der Waals surface area contributed by atoms with E-state index < -0.39 is 0 Å². The molecule has 18 heavy (non-hydrogen) atoms. The van der Waals surface area contributed by atoms with Gasteiger partial charge in [0.2, 0.25) is 0 Å². The second kappa shape index (κ2) is 5.65. The maximum atomic E-state index is 8.97. The minimum absolute atomic E-state index is 0.470. The lowest BCUT2D eigenvalue weighted by atomic mass is 10.1. The molecule has 0 radical (unpaired) electrons. The molecule has 3 nitrogen and oxygen atoms in total. The number of anilines is 1. The van der Waals surface area contributed by atoms with Crippen LogP contribution in [0.15, 0.2) is 41.0 Å². The van der Waals surface area contributed by atoms with Gasteiger partial charge in [-0.2, -0.15) is 5.26 Å². The zero-order valence-corrected chi connectivity index (χ0v) is 11.5. The summed E-state index contributed by atoms with van der Waals surface area (Å²) >= 11 is 3.45. The Morgan fingerprint density at radius 3 is 3.00 bits per heavy atom. The van der Waals surface area contributed by atoms with Gasteiger partial charge in [0.25, 0.3) is 0 Å². The monoisotopic (exact) mass is 301 g/mol. The van der Waals surface area contributed by atoms with Gasteiger partial charge >= 0.3 is 0 Å². The summed E-state index contributed by atoms with van der Waals surface area (Å²) < 4.78 is 1.03. The lowest BCUT2D eigenvalue weighted by Crippen LogP contribution is -2.03. The van der Waals surface area contributed by atoms with E-state index >= 15 is 0 Å². The smallest absolute Gasteiger partial charge is 0.145 e. The number of hydrogen-bond donors (Lipinski definition) is 1. The molecular weight excluding hydrogens is 290 g/mol. The van der Waals surface area contributed by atoms with Crippen molar-refractivity contribution in [3.05, 3.63) is 57.8 Å². The highest BCUT2D eigenvalue weighted by Crippen LogP contribution is 2.21. The summed E-state index contributed by atoms with van der Waals surface area (Å²) in [6, 6.07) is 11.9. The Hall–Kier alpha value is -1.86. The van der Waals surface area contributed by atoms with Crippen LogP contribution in [0, 0.1) is 18.3 Å². The molecule has 0 unspecified atom stereocenters. The Morgan fingerprint density at radius 2 is 2.22 bits per heavy atom. The average molecular weight is 302 g/mol. The van der Waals surface area contributed by atoms with Crippen LogP contribution >= 0.6 is 15.9 Å². The largest absolute Gasteiger partial charge is 0.381 e. The molecule has 0 aliphatic heterocycles. The van der Waals surface area contributed by atoms with E-state index in [2.05, 4.69) is 32.3 Å². The molecular formula is C14H12BrN3. The predicted molar refractivity (Wildman–Crippen MR) is 75.2 cm³/mol. The molecule has 1 N–H and O–H groups in total. The molecule has 0 atom stereocenters. The van der Waals surface area contributed by atoms with Crippen LogP contribution in [-0.2, 0) is 6.54 Å². The van der Waals surface area contributed by atoms with Gasteiger partial charge in [0.15, 0.2) is 0 Å². The first-order chi connectivity index (χ1) is 8.70. The Morgan fingerprint density at radius 1 is 1.39 bits per heavy atom. The zero-order valence-electron chi connectivity index (χ0n) is 9.94. The van der Waals surface area contributed by atoms with Crippen molar-refractivity contribution in [3.8, 4) is 6.07 Å². The molecule has 0 aliphatic carbocycles. The summed E-state index contributed by atoms with van der Waals surface area (Å²) in [4.78, 5) is 4.04. The van der Waals surface area contributed by atoms with Gasteiger partial charge in [-0.15, -0.1) is 0 Å². The average Bonchev–Trinajstić information content (AvgIpc) is 2.40. The van der Waals surface area contributed by atoms with Gasteiger partial charge in [0.05, 0.1) is 0 Å². The van der Waals surface area contributed by atoms with Crippen LogP contribution in [0.4, 0.5) is 5.69 Å². The van der Waals surface area contributed by atoms with Crippen LogP contribution in [0.1, 0.15) is 16.8 Å². The minimum Gasteiger partial charge on any atom is -0.381 e. The van der Waals surface area contributed by atoms with E-state index in [0.29, 0.717) is 12.2 Å². The summed E-state index contributed by atoms with van der Waals surface area (Å²) in [5.74, 6) is 0. The first-order valence-corrected chi connectivity index (χ1v) is 6.34. The number of nitriles is 1. The van der Waals surface area contributed by atoms with Gasteiger partial charge in [-0.25, -0.2) is 4.98 Å². The molecule has 0 fully saturated rings. The maximum absolute atomic E-state index is 8.97. The second-order valence-electron chi connectivity index (χ2n) is 3.94. The Bertz CT molecular complexity index is 602. The summed E-state index contributed by atoms with van der Waals surface area (Å²) in [5.41, 5.74) is 3.59. The van der Waals surface area contributed by atoms with E-state index in [1.54, 1.807) is 6.20 Å². The van der Waals surface area contributed by atoms with E-state index in [1.807, 2.05) is 37.3 Å². The highest BCUT2D eigenvalue weighted by molar-refractivity contribution is 9.10. The number of hydrogen-bond acceptors (Lipinski definition) is 3. The fraction of sp³-hybridized carbons (Fsp3) is 0.143. The standard InChI is InChI=1S/C14H12BrN3/c1-10-4-5-12(15)7-13(10)18-9-11-3-2-6-17-14(11)8-16/h2-7,18H,9H2,1H3. The molecule has 0 saturated carbocycles. The van der Waals surface area contributed by atoms with Crippen LogP contribution in [0.2, 0.25) is 0 Å². The summed E-state index contributed by atoms with van der Waals surface area (Å²) in [7, 11) is 0. The molecule has 1 aromatic carbocycles. The fourth-order valence-electron chi connectivity index (χ4n) is 1.66. The van der Waals surface area contributed by atoms with Crippen molar-refractivity contribution in [2.24, 2.45) is 0 Å². The molecule has 1 aromatic heterocycles. The summed E-state index contributed by atoms with van der Waals surface area (Å²) in [6.45, 7) is 2.64. The van der Waals surface area contributed by atoms with Crippen LogP contribution in [0.25, 0.3) is 0 Å². The quantitative estimate of drug-likeness (QED) is 0.941. The molecule has 0 amide bonds. The maximum Gasteiger partial charge on any atom is 0.145 e.